The molecule has 2 N–H and O–H groups in total. The van der Waals surface area contributed by atoms with Crippen LogP contribution in [0.2, 0.25) is 0 Å². The Morgan fingerprint density at radius 2 is 2.25 bits per heavy atom. The second-order valence-electron chi connectivity index (χ2n) is 3.46. The lowest BCUT2D eigenvalue weighted by Gasteiger charge is -2.05. The van der Waals surface area contributed by atoms with E-state index in [1.807, 2.05) is 38.1 Å². The molecule has 0 amide bonds. The van der Waals surface area contributed by atoms with Crippen LogP contribution < -0.4 is 10.5 Å². The lowest BCUT2D eigenvalue weighted by atomic mass is 10.1. The summed E-state index contributed by atoms with van der Waals surface area (Å²) in [6, 6.07) is 7.72. The molecule has 0 spiro atoms. The summed E-state index contributed by atoms with van der Waals surface area (Å²) in [5, 5.41) is 3.73. The first kappa shape index (κ1) is 10.5. The number of ether oxygens (including phenoxy) is 1. The van der Waals surface area contributed by atoms with Crippen molar-refractivity contribution in [3.05, 3.63) is 30.0 Å². The van der Waals surface area contributed by atoms with Gasteiger partial charge in [-0.2, -0.15) is 0 Å². The highest BCUT2D eigenvalue weighted by atomic mass is 16.5. The van der Waals surface area contributed by atoms with Gasteiger partial charge in [0.2, 0.25) is 0 Å². The van der Waals surface area contributed by atoms with Gasteiger partial charge < -0.3 is 15.0 Å². The summed E-state index contributed by atoms with van der Waals surface area (Å²) in [5.74, 6) is 1.94. The van der Waals surface area contributed by atoms with Gasteiger partial charge in [0.15, 0.2) is 5.82 Å². The second kappa shape index (κ2) is 4.26. The molecule has 0 atom stereocenters. The number of aryl methyl sites for hydroxylation is 1. The molecule has 0 fully saturated rings. The Morgan fingerprint density at radius 1 is 1.44 bits per heavy atom. The molecule has 84 valence electrons. The fourth-order valence-electron chi connectivity index (χ4n) is 1.65. The summed E-state index contributed by atoms with van der Waals surface area (Å²) in [6.07, 6.45) is 0. The van der Waals surface area contributed by atoms with Gasteiger partial charge in [-0.1, -0.05) is 17.3 Å². The Kier molecular flexibility index (Phi) is 2.81. The normalized spacial score (nSPS) is 10.4. The molecule has 0 unspecified atom stereocenters. The molecule has 0 aliphatic rings. The zero-order valence-corrected chi connectivity index (χ0v) is 9.36. The van der Waals surface area contributed by atoms with Crippen molar-refractivity contribution < 1.29 is 9.26 Å². The SMILES string of the molecule is CCOc1cccc(-c2c(N)noc2C)c1. The quantitative estimate of drug-likeness (QED) is 0.860. The molecule has 0 saturated heterocycles. The van der Waals surface area contributed by atoms with E-state index in [2.05, 4.69) is 5.16 Å². The average Bonchev–Trinajstić information content (AvgIpc) is 2.59. The van der Waals surface area contributed by atoms with Gasteiger partial charge in [0.05, 0.1) is 12.2 Å². The van der Waals surface area contributed by atoms with E-state index < -0.39 is 0 Å². The lowest BCUT2D eigenvalue weighted by molar-refractivity contribution is 0.340. The van der Waals surface area contributed by atoms with Crippen LogP contribution in [0.25, 0.3) is 11.1 Å². The Hall–Kier alpha value is -1.97. The Morgan fingerprint density at radius 3 is 2.88 bits per heavy atom. The fourth-order valence-corrected chi connectivity index (χ4v) is 1.65. The van der Waals surface area contributed by atoms with Gasteiger partial charge in [-0.15, -0.1) is 0 Å². The van der Waals surface area contributed by atoms with Gasteiger partial charge in [-0.3, -0.25) is 0 Å². The molecular weight excluding hydrogens is 204 g/mol. The highest BCUT2D eigenvalue weighted by molar-refractivity contribution is 5.76. The monoisotopic (exact) mass is 218 g/mol. The number of benzene rings is 1. The molecule has 0 aliphatic heterocycles. The first-order valence-electron chi connectivity index (χ1n) is 5.17. The fraction of sp³-hybridized carbons (Fsp3) is 0.250. The molecule has 1 aromatic heterocycles. The van der Waals surface area contributed by atoms with Crippen LogP contribution in [0.15, 0.2) is 28.8 Å². The molecule has 0 bridgehead atoms. The van der Waals surface area contributed by atoms with Gasteiger partial charge in [0.25, 0.3) is 0 Å². The first-order valence-corrected chi connectivity index (χ1v) is 5.17. The van der Waals surface area contributed by atoms with Gasteiger partial charge >= 0.3 is 0 Å². The summed E-state index contributed by atoms with van der Waals surface area (Å²) in [6.45, 7) is 4.43. The van der Waals surface area contributed by atoms with Crippen molar-refractivity contribution >= 4 is 5.82 Å². The van der Waals surface area contributed by atoms with Crippen LogP contribution in [0.5, 0.6) is 5.75 Å². The number of nitrogens with zero attached hydrogens (tertiary/aromatic N) is 1. The maximum atomic E-state index is 5.75. The summed E-state index contributed by atoms with van der Waals surface area (Å²) in [5.41, 5.74) is 7.55. The minimum absolute atomic E-state index is 0.408. The predicted octanol–water partition coefficient (Wildman–Crippen LogP) is 2.63. The third-order valence-electron chi connectivity index (χ3n) is 2.32. The highest BCUT2D eigenvalue weighted by Gasteiger charge is 2.12. The molecule has 2 aromatic rings. The standard InChI is InChI=1S/C12H14N2O2/c1-3-15-10-6-4-5-9(7-10)11-8(2)16-14-12(11)13/h4-7H,3H2,1-2H3,(H2,13,14). The summed E-state index contributed by atoms with van der Waals surface area (Å²) >= 11 is 0. The zero-order chi connectivity index (χ0) is 11.5. The molecule has 1 aromatic carbocycles. The van der Waals surface area contributed by atoms with Gasteiger partial charge in [-0.05, 0) is 31.5 Å². The summed E-state index contributed by atoms with van der Waals surface area (Å²) in [4.78, 5) is 0. The second-order valence-corrected chi connectivity index (χ2v) is 3.46. The molecule has 0 radical (unpaired) electrons. The molecule has 1 heterocycles. The van der Waals surface area contributed by atoms with E-state index in [1.54, 1.807) is 0 Å². The minimum atomic E-state index is 0.408. The molecular formula is C12H14N2O2. The maximum absolute atomic E-state index is 5.75. The highest BCUT2D eigenvalue weighted by Crippen LogP contribution is 2.31. The Bertz CT molecular complexity index is 472. The van der Waals surface area contributed by atoms with E-state index in [0.29, 0.717) is 18.2 Å². The van der Waals surface area contributed by atoms with Crippen molar-refractivity contribution in [2.75, 3.05) is 12.3 Å². The van der Waals surface area contributed by atoms with E-state index >= 15 is 0 Å². The number of nitrogens with two attached hydrogens (primary N) is 1. The third kappa shape index (κ3) is 1.86. The van der Waals surface area contributed by atoms with E-state index in [1.165, 1.54) is 0 Å². The van der Waals surface area contributed by atoms with Gasteiger partial charge in [-0.25, -0.2) is 0 Å². The maximum Gasteiger partial charge on any atom is 0.175 e. The molecule has 4 heteroatoms. The molecule has 0 saturated carbocycles. The molecule has 2 rings (SSSR count). The number of hydrogen-bond donors (Lipinski definition) is 1. The van der Waals surface area contributed by atoms with E-state index in [9.17, 15) is 0 Å². The van der Waals surface area contributed by atoms with E-state index in [0.717, 1.165) is 16.9 Å². The van der Waals surface area contributed by atoms with Crippen LogP contribution in [-0.2, 0) is 0 Å². The van der Waals surface area contributed by atoms with Crippen molar-refractivity contribution in [2.24, 2.45) is 0 Å². The minimum Gasteiger partial charge on any atom is -0.494 e. The number of hydrogen-bond acceptors (Lipinski definition) is 4. The number of aromatic nitrogens is 1. The van der Waals surface area contributed by atoms with Crippen molar-refractivity contribution in [3.8, 4) is 16.9 Å². The van der Waals surface area contributed by atoms with Crippen LogP contribution in [0.3, 0.4) is 0 Å². The molecule has 4 nitrogen and oxygen atoms in total. The molecule has 16 heavy (non-hydrogen) atoms. The lowest BCUT2D eigenvalue weighted by Crippen LogP contribution is -1.92. The van der Waals surface area contributed by atoms with Crippen LogP contribution >= 0.6 is 0 Å². The van der Waals surface area contributed by atoms with Crippen molar-refractivity contribution in [1.82, 2.24) is 5.16 Å². The smallest absolute Gasteiger partial charge is 0.175 e. The third-order valence-corrected chi connectivity index (χ3v) is 2.32. The van der Waals surface area contributed by atoms with E-state index in [4.69, 9.17) is 15.0 Å². The van der Waals surface area contributed by atoms with Crippen LogP contribution in [-0.4, -0.2) is 11.8 Å². The van der Waals surface area contributed by atoms with Crippen molar-refractivity contribution in [1.29, 1.82) is 0 Å². The van der Waals surface area contributed by atoms with Gasteiger partial charge in [0.1, 0.15) is 11.5 Å². The average molecular weight is 218 g/mol. The summed E-state index contributed by atoms with van der Waals surface area (Å²) < 4.78 is 10.5. The van der Waals surface area contributed by atoms with Crippen LogP contribution in [0, 0.1) is 6.92 Å². The van der Waals surface area contributed by atoms with E-state index in [-0.39, 0.29) is 0 Å². The Balaban J connectivity index is 2.44. The van der Waals surface area contributed by atoms with Crippen LogP contribution in [0.1, 0.15) is 12.7 Å². The first-order chi connectivity index (χ1) is 7.72. The van der Waals surface area contributed by atoms with Crippen molar-refractivity contribution in [2.45, 2.75) is 13.8 Å². The predicted molar refractivity (Wildman–Crippen MR) is 62.3 cm³/mol. The topological polar surface area (TPSA) is 61.3 Å². The van der Waals surface area contributed by atoms with Gasteiger partial charge in [0, 0.05) is 0 Å². The van der Waals surface area contributed by atoms with Crippen molar-refractivity contribution in [3.63, 3.8) is 0 Å². The number of nitrogen functional groups attached to an aromatic ring is 1. The van der Waals surface area contributed by atoms with Crippen LogP contribution in [0.4, 0.5) is 5.82 Å². The molecule has 0 aliphatic carbocycles. The number of anilines is 1. The summed E-state index contributed by atoms with van der Waals surface area (Å²) in [7, 11) is 0. The Labute approximate surface area is 94.0 Å². The zero-order valence-electron chi connectivity index (χ0n) is 9.36. The number of rotatable bonds is 3. The largest absolute Gasteiger partial charge is 0.494 e.